The normalized spacial score (nSPS) is 10.6. The number of imidazole rings is 1. The van der Waals surface area contributed by atoms with Crippen LogP contribution in [0.15, 0.2) is 61.1 Å². The molecule has 10 nitrogen and oxygen atoms in total. The summed E-state index contributed by atoms with van der Waals surface area (Å²) < 4.78 is 17.8. The molecule has 0 atom stereocenters. The Bertz CT molecular complexity index is 1260. The molecule has 0 saturated carbocycles. The molecule has 0 aliphatic rings. The first-order valence-electron chi connectivity index (χ1n) is 9.87. The van der Waals surface area contributed by atoms with Gasteiger partial charge in [0, 0.05) is 35.4 Å². The van der Waals surface area contributed by atoms with Crippen molar-refractivity contribution in [2.24, 2.45) is 5.73 Å². The minimum Gasteiger partial charge on any atom is -0.493 e. The highest BCUT2D eigenvalue weighted by atomic mass is 16.5. The zero-order valence-corrected chi connectivity index (χ0v) is 17.9. The highest BCUT2D eigenvalue weighted by Crippen LogP contribution is 2.38. The maximum atomic E-state index is 12.8. The largest absolute Gasteiger partial charge is 0.493 e. The average molecular weight is 447 g/mol. The number of nitrogens with zero attached hydrogens (tertiary/aromatic N) is 3. The molecule has 3 N–H and O–H groups in total. The van der Waals surface area contributed by atoms with Gasteiger partial charge in [0.05, 0.1) is 19.9 Å². The Hall–Kier alpha value is -4.60. The summed E-state index contributed by atoms with van der Waals surface area (Å²) in [4.78, 5) is 32.6. The molecule has 2 aromatic carbocycles. The first-order valence-corrected chi connectivity index (χ1v) is 9.87. The molecule has 0 radical (unpaired) electrons. The van der Waals surface area contributed by atoms with Crippen LogP contribution in [-0.2, 0) is 4.79 Å². The Morgan fingerprint density at radius 2 is 1.79 bits per heavy atom. The number of carbonyl (C=O) groups is 2. The molecule has 4 aromatic rings. The quantitative estimate of drug-likeness (QED) is 0.424. The highest BCUT2D eigenvalue weighted by Gasteiger charge is 2.18. The predicted octanol–water partition coefficient (Wildman–Crippen LogP) is 2.53. The Kier molecular flexibility index (Phi) is 6.07. The van der Waals surface area contributed by atoms with Crippen LogP contribution in [0, 0.1) is 0 Å². The summed E-state index contributed by atoms with van der Waals surface area (Å²) in [6, 6.07) is 12.1. The topological polar surface area (TPSA) is 130 Å². The van der Waals surface area contributed by atoms with E-state index in [1.54, 1.807) is 18.3 Å². The van der Waals surface area contributed by atoms with Gasteiger partial charge in [-0.15, -0.1) is 0 Å². The van der Waals surface area contributed by atoms with Crippen LogP contribution in [0.5, 0.6) is 17.2 Å². The number of carbonyl (C=O) groups excluding carboxylic acids is 2. The summed E-state index contributed by atoms with van der Waals surface area (Å²) in [5.74, 6) is 0.229. The summed E-state index contributed by atoms with van der Waals surface area (Å²) in [6.07, 6.45) is 5.45. The molecule has 33 heavy (non-hydrogen) atoms. The third kappa shape index (κ3) is 4.69. The molecule has 0 bridgehead atoms. The molecule has 0 saturated heterocycles. The highest BCUT2D eigenvalue weighted by molar-refractivity contribution is 6.05. The standard InChI is InChI=1S/C23H21N5O5/c1-31-18-10-15(11-19(32-2)21(18)33-13-20(24)29)22(30)26-16-6-4-14(5-7-16)17-12-28-9-3-8-25-23(28)27-17/h3-12H,13H2,1-2H3,(H2,24,29)(H,26,30). The van der Waals surface area contributed by atoms with Crippen molar-refractivity contribution in [1.29, 1.82) is 0 Å². The van der Waals surface area contributed by atoms with E-state index >= 15 is 0 Å². The molecule has 2 heterocycles. The fourth-order valence-electron chi connectivity index (χ4n) is 3.19. The maximum Gasteiger partial charge on any atom is 0.255 e. The Morgan fingerprint density at radius 3 is 2.39 bits per heavy atom. The van der Waals surface area contributed by atoms with Gasteiger partial charge in [-0.05, 0) is 30.3 Å². The lowest BCUT2D eigenvalue weighted by molar-refractivity contribution is -0.120. The van der Waals surface area contributed by atoms with E-state index in [4.69, 9.17) is 19.9 Å². The number of benzene rings is 2. The van der Waals surface area contributed by atoms with Crippen LogP contribution in [0.25, 0.3) is 17.0 Å². The maximum absolute atomic E-state index is 12.8. The van der Waals surface area contributed by atoms with Crippen molar-refractivity contribution in [3.63, 3.8) is 0 Å². The molecule has 168 valence electrons. The van der Waals surface area contributed by atoms with E-state index in [1.165, 1.54) is 26.4 Å². The second-order valence-corrected chi connectivity index (χ2v) is 6.95. The number of fused-ring (bicyclic) bond motifs is 1. The molecule has 0 aliphatic heterocycles. The summed E-state index contributed by atoms with van der Waals surface area (Å²) in [6.45, 7) is -0.354. The summed E-state index contributed by atoms with van der Waals surface area (Å²) >= 11 is 0. The second-order valence-electron chi connectivity index (χ2n) is 6.95. The van der Waals surface area contributed by atoms with Crippen LogP contribution in [0.4, 0.5) is 5.69 Å². The molecule has 4 rings (SSSR count). The summed E-state index contributed by atoms with van der Waals surface area (Å²) in [7, 11) is 2.84. The van der Waals surface area contributed by atoms with Gasteiger partial charge in [-0.3, -0.25) is 14.0 Å². The Morgan fingerprint density at radius 1 is 1.09 bits per heavy atom. The lowest BCUT2D eigenvalue weighted by Gasteiger charge is -2.15. The van der Waals surface area contributed by atoms with Gasteiger partial charge < -0.3 is 25.3 Å². The number of primary amides is 1. The first kappa shape index (κ1) is 21.6. The zero-order valence-electron chi connectivity index (χ0n) is 17.9. The number of amides is 2. The van der Waals surface area contributed by atoms with Crippen molar-refractivity contribution in [1.82, 2.24) is 14.4 Å². The van der Waals surface area contributed by atoms with Crippen LogP contribution in [0.2, 0.25) is 0 Å². The van der Waals surface area contributed by atoms with E-state index in [1.807, 2.05) is 35.0 Å². The number of nitrogens with one attached hydrogen (secondary N) is 1. The molecule has 0 fully saturated rings. The summed E-state index contributed by atoms with van der Waals surface area (Å²) in [5.41, 5.74) is 7.67. The monoisotopic (exact) mass is 447 g/mol. The third-order valence-electron chi connectivity index (χ3n) is 4.76. The molecular formula is C23H21N5O5. The lowest BCUT2D eigenvalue weighted by Crippen LogP contribution is -2.20. The molecule has 2 aromatic heterocycles. The van der Waals surface area contributed by atoms with Gasteiger partial charge in [0.15, 0.2) is 18.1 Å². The van der Waals surface area contributed by atoms with Gasteiger partial charge in [-0.2, -0.15) is 0 Å². The minimum absolute atomic E-state index is 0.182. The van der Waals surface area contributed by atoms with Crippen molar-refractivity contribution < 1.29 is 23.8 Å². The first-order chi connectivity index (χ1) is 16.0. The minimum atomic E-state index is -0.649. The third-order valence-corrected chi connectivity index (χ3v) is 4.76. The Labute approximate surface area is 188 Å². The number of aromatic nitrogens is 3. The van der Waals surface area contributed by atoms with E-state index in [0.717, 1.165) is 11.3 Å². The molecular weight excluding hydrogens is 426 g/mol. The number of rotatable bonds is 8. The number of hydrogen-bond acceptors (Lipinski definition) is 7. The summed E-state index contributed by atoms with van der Waals surface area (Å²) in [5, 5.41) is 2.83. The number of hydrogen-bond donors (Lipinski definition) is 2. The zero-order chi connectivity index (χ0) is 23.4. The van der Waals surface area contributed by atoms with Crippen molar-refractivity contribution in [3.8, 4) is 28.5 Å². The SMILES string of the molecule is COc1cc(C(=O)Nc2ccc(-c3cn4cccnc4n3)cc2)cc(OC)c1OCC(N)=O. The Balaban J connectivity index is 1.53. The molecule has 2 amide bonds. The van der Waals surface area contributed by atoms with E-state index in [0.29, 0.717) is 11.5 Å². The lowest BCUT2D eigenvalue weighted by atomic mass is 10.1. The predicted molar refractivity (Wildman–Crippen MR) is 121 cm³/mol. The molecule has 10 heteroatoms. The smallest absolute Gasteiger partial charge is 0.255 e. The number of ether oxygens (including phenoxy) is 3. The van der Waals surface area contributed by atoms with E-state index in [9.17, 15) is 9.59 Å². The molecule has 0 spiro atoms. The van der Waals surface area contributed by atoms with Gasteiger partial charge in [-0.25, -0.2) is 9.97 Å². The number of anilines is 1. The van der Waals surface area contributed by atoms with Crippen molar-refractivity contribution in [2.75, 3.05) is 26.1 Å². The van der Waals surface area contributed by atoms with Crippen molar-refractivity contribution >= 4 is 23.3 Å². The van der Waals surface area contributed by atoms with Crippen LogP contribution in [0.1, 0.15) is 10.4 Å². The molecule has 0 aliphatic carbocycles. The second kappa shape index (κ2) is 9.27. The van der Waals surface area contributed by atoms with Crippen LogP contribution < -0.4 is 25.3 Å². The van der Waals surface area contributed by atoms with Crippen LogP contribution in [-0.4, -0.2) is 47.0 Å². The van der Waals surface area contributed by atoms with Gasteiger partial charge in [0.25, 0.3) is 11.8 Å². The molecule has 0 unspecified atom stereocenters. The fourth-order valence-corrected chi connectivity index (χ4v) is 3.19. The van der Waals surface area contributed by atoms with Crippen molar-refractivity contribution in [2.45, 2.75) is 0 Å². The number of methoxy groups -OCH3 is 2. The average Bonchev–Trinajstić information content (AvgIpc) is 3.26. The van der Waals surface area contributed by atoms with Gasteiger partial charge in [0.1, 0.15) is 0 Å². The fraction of sp³-hybridized carbons (Fsp3) is 0.130. The van der Waals surface area contributed by atoms with Gasteiger partial charge >= 0.3 is 0 Å². The van der Waals surface area contributed by atoms with E-state index in [-0.39, 0.29) is 35.3 Å². The van der Waals surface area contributed by atoms with E-state index in [2.05, 4.69) is 15.3 Å². The van der Waals surface area contributed by atoms with Gasteiger partial charge in [-0.1, -0.05) is 12.1 Å². The number of nitrogens with two attached hydrogens (primary N) is 1. The van der Waals surface area contributed by atoms with Crippen LogP contribution >= 0.6 is 0 Å². The van der Waals surface area contributed by atoms with Crippen molar-refractivity contribution in [3.05, 3.63) is 66.6 Å². The van der Waals surface area contributed by atoms with Crippen LogP contribution in [0.3, 0.4) is 0 Å². The van der Waals surface area contributed by atoms with Gasteiger partial charge in [0.2, 0.25) is 11.5 Å². The van der Waals surface area contributed by atoms with E-state index < -0.39 is 5.91 Å².